The molecule has 0 radical (unpaired) electrons. The molecule has 1 fully saturated rings. The average Bonchev–Trinajstić information content (AvgIpc) is 3.40. The van der Waals surface area contributed by atoms with Gasteiger partial charge in [0.15, 0.2) is 6.10 Å². The fourth-order valence-electron chi connectivity index (χ4n) is 4.10. The molecule has 2 aliphatic rings. The first kappa shape index (κ1) is 19.6. The van der Waals surface area contributed by atoms with Crippen molar-refractivity contribution in [2.45, 2.75) is 44.8 Å². The van der Waals surface area contributed by atoms with Gasteiger partial charge in [0.05, 0.1) is 12.3 Å². The molecule has 1 aliphatic heterocycles. The molecule has 1 atom stereocenters. The van der Waals surface area contributed by atoms with E-state index in [-0.39, 0.29) is 29.6 Å². The molecule has 6 heteroatoms. The minimum absolute atomic E-state index is 0.0300. The van der Waals surface area contributed by atoms with Crippen LogP contribution in [0.3, 0.4) is 0 Å². The first-order valence-corrected chi connectivity index (χ1v) is 10.1. The van der Waals surface area contributed by atoms with Crippen LogP contribution in [-0.4, -0.2) is 29.2 Å². The van der Waals surface area contributed by atoms with E-state index in [0.717, 1.165) is 42.5 Å². The van der Waals surface area contributed by atoms with Gasteiger partial charge < -0.3 is 9.74 Å². The van der Waals surface area contributed by atoms with Crippen LogP contribution in [0.2, 0.25) is 0 Å². The smallest absolute Gasteiger partial charge is 0.226 e. The van der Waals surface area contributed by atoms with Crippen molar-refractivity contribution in [2.24, 2.45) is 11.1 Å². The van der Waals surface area contributed by atoms with Crippen molar-refractivity contribution in [3.05, 3.63) is 71.3 Å². The number of carbonyl (C=O) groups is 1. The highest BCUT2D eigenvalue weighted by atomic mass is 19.1. The Bertz CT molecular complexity index is 892. The highest BCUT2D eigenvalue weighted by Crippen LogP contribution is 2.28. The Morgan fingerprint density at radius 3 is 2.55 bits per heavy atom. The van der Waals surface area contributed by atoms with E-state index in [2.05, 4.69) is 5.16 Å². The Hall–Kier alpha value is -2.76. The van der Waals surface area contributed by atoms with Crippen LogP contribution in [0.1, 0.15) is 43.2 Å². The number of amides is 1. The molecule has 1 heterocycles. The molecule has 29 heavy (non-hydrogen) atoms. The molecule has 0 spiro atoms. The van der Waals surface area contributed by atoms with Crippen LogP contribution in [0.5, 0.6) is 0 Å². The number of rotatable bonds is 6. The van der Waals surface area contributed by atoms with E-state index in [1.807, 2.05) is 6.07 Å². The number of oxime groups is 1. The van der Waals surface area contributed by atoms with Crippen LogP contribution < -0.4 is 0 Å². The van der Waals surface area contributed by atoms with Crippen molar-refractivity contribution in [3.63, 3.8) is 0 Å². The molecule has 152 valence electrons. The van der Waals surface area contributed by atoms with E-state index in [1.54, 1.807) is 23.1 Å². The maximum absolute atomic E-state index is 13.6. The maximum Gasteiger partial charge on any atom is 0.226 e. The predicted octanol–water partition coefficient (Wildman–Crippen LogP) is 4.68. The zero-order valence-electron chi connectivity index (χ0n) is 16.2. The number of hydrogen-bond donors (Lipinski definition) is 0. The fraction of sp³-hybridized carbons (Fsp3) is 0.391. The lowest BCUT2D eigenvalue weighted by atomic mass is 10.0. The first-order valence-electron chi connectivity index (χ1n) is 10.1. The summed E-state index contributed by atoms with van der Waals surface area (Å²) in [7, 11) is 0. The number of hydrogen-bond acceptors (Lipinski definition) is 3. The molecule has 1 aliphatic carbocycles. The van der Waals surface area contributed by atoms with Crippen LogP contribution in [0.15, 0.2) is 53.7 Å². The predicted molar refractivity (Wildman–Crippen MR) is 106 cm³/mol. The molecule has 2 aromatic rings. The van der Waals surface area contributed by atoms with Crippen molar-refractivity contribution in [1.29, 1.82) is 0 Å². The SMILES string of the molecule is O=C(C1CCCC1)N(Cc1cccc(F)c1)C[C@H]1CC(c2ccc(F)cc2)=NO1. The molecule has 0 bridgehead atoms. The average molecular weight is 398 g/mol. The fourth-order valence-corrected chi connectivity index (χ4v) is 4.10. The van der Waals surface area contributed by atoms with E-state index in [1.165, 1.54) is 24.3 Å². The third-order valence-corrected chi connectivity index (χ3v) is 5.61. The number of halogens is 2. The molecular formula is C23H24F2N2O2. The van der Waals surface area contributed by atoms with Gasteiger partial charge >= 0.3 is 0 Å². The van der Waals surface area contributed by atoms with Crippen molar-refractivity contribution >= 4 is 11.6 Å². The van der Waals surface area contributed by atoms with Gasteiger partial charge in [-0.05, 0) is 48.2 Å². The normalized spacial score (nSPS) is 19.1. The molecule has 4 nitrogen and oxygen atoms in total. The van der Waals surface area contributed by atoms with Crippen LogP contribution >= 0.6 is 0 Å². The molecule has 0 unspecified atom stereocenters. The lowest BCUT2D eigenvalue weighted by Crippen LogP contribution is -2.40. The van der Waals surface area contributed by atoms with Gasteiger partial charge in [0.25, 0.3) is 0 Å². The zero-order valence-corrected chi connectivity index (χ0v) is 16.2. The summed E-state index contributed by atoms with van der Waals surface area (Å²) in [6.45, 7) is 0.735. The summed E-state index contributed by atoms with van der Waals surface area (Å²) in [6, 6.07) is 12.5. The van der Waals surface area contributed by atoms with Gasteiger partial charge in [-0.1, -0.05) is 42.3 Å². The summed E-state index contributed by atoms with van der Waals surface area (Å²) >= 11 is 0. The number of benzene rings is 2. The van der Waals surface area contributed by atoms with E-state index in [9.17, 15) is 13.6 Å². The maximum atomic E-state index is 13.6. The lowest BCUT2D eigenvalue weighted by molar-refractivity contribution is -0.137. The monoisotopic (exact) mass is 398 g/mol. The van der Waals surface area contributed by atoms with Crippen LogP contribution in [0, 0.1) is 17.6 Å². The van der Waals surface area contributed by atoms with E-state index in [4.69, 9.17) is 4.84 Å². The Kier molecular flexibility index (Phi) is 5.88. The zero-order chi connectivity index (χ0) is 20.2. The summed E-state index contributed by atoms with van der Waals surface area (Å²) in [5, 5.41) is 4.14. The van der Waals surface area contributed by atoms with Crippen molar-refractivity contribution in [3.8, 4) is 0 Å². The van der Waals surface area contributed by atoms with Gasteiger partial charge in [-0.3, -0.25) is 4.79 Å². The van der Waals surface area contributed by atoms with E-state index in [0.29, 0.717) is 19.5 Å². The second-order valence-electron chi connectivity index (χ2n) is 7.81. The van der Waals surface area contributed by atoms with Gasteiger partial charge in [-0.25, -0.2) is 8.78 Å². The molecular weight excluding hydrogens is 374 g/mol. The van der Waals surface area contributed by atoms with Gasteiger partial charge in [-0.2, -0.15) is 0 Å². The Labute approximate surface area is 169 Å². The number of carbonyl (C=O) groups excluding carboxylic acids is 1. The molecule has 0 N–H and O–H groups in total. The second kappa shape index (κ2) is 8.72. The molecule has 0 aromatic heterocycles. The Morgan fingerprint density at radius 1 is 1.07 bits per heavy atom. The highest BCUT2D eigenvalue weighted by Gasteiger charge is 2.31. The summed E-state index contributed by atoms with van der Waals surface area (Å²) in [6.07, 6.45) is 4.23. The highest BCUT2D eigenvalue weighted by molar-refractivity contribution is 6.01. The second-order valence-corrected chi connectivity index (χ2v) is 7.81. The Morgan fingerprint density at radius 2 is 1.83 bits per heavy atom. The third-order valence-electron chi connectivity index (χ3n) is 5.61. The van der Waals surface area contributed by atoms with Gasteiger partial charge in [0, 0.05) is 18.9 Å². The van der Waals surface area contributed by atoms with E-state index < -0.39 is 0 Å². The summed E-state index contributed by atoms with van der Waals surface area (Å²) in [5.41, 5.74) is 2.32. The van der Waals surface area contributed by atoms with Gasteiger partial charge in [0.2, 0.25) is 5.91 Å². The van der Waals surface area contributed by atoms with Crippen LogP contribution in [-0.2, 0) is 16.2 Å². The van der Waals surface area contributed by atoms with Crippen molar-refractivity contribution < 1.29 is 18.4 Å². The third kappa shape index (κ3) is 4.81. The first-order chi connectivity index (χ1) is 14.1. The minimum atomic E-state index is -0.310. The molecule has 2 aromatic carbocycles. The lowest BCUT2D eigenvalue weighted by Gasteiger charge is -2.27. The summed E-state index contributed by atoms with van der Waals surface area (Å²) in [4.78, 5) is 20.5. The standard InChI is InChI=1S/C23H24F2N2O2/c24-19-10-8-17(9-11-19)22-13-21(29-26-22)15-27(23(28)18-5-1-2-6-18)14-16-4-3-7-20(25)12-16/h3-4,7-12,18,21H,1-2,5-6,13-15H2/t21-/m1/s1. The Balaban J connectivity index is 1.45. The summed E-state index contributed by atoms with van der Waals surface area (Å²) in [5.74, 6) is -0.476. The van der Waals surface area contributed by atoms with Crippen LogP contribution in [0.4, 0.5) is 8.78 Å². The molecule has 1 amide bonds. The minimum Gasteiger partial charge on any atom is -0.390 e. The van der Waals surface area contributed by atoms with Crippen LogP contribution in [0.25, 0.3) is 0 Å². The quantitative estimate of drug-likeness (QED) is 0.709. The van der Waals surface area contributed by atoms with Crippen molar-refractivity contribution in [1.82, 2.24) is 4.90 Å². The van der Waals surface area contributed by atoms with E-state index >= 15 is 0 Å². The van der Waals surface area contributed by atoms with Gasteiger partial charge in [0.1, 0.15) is 11.6 Å². The molecule has 0 saturated heterocycles. The summed E-state index contributed by atoms with van der Waals surface area (Å²) < 4.78 is 26.8. The topological polar surface area (TPSA) is 41.9 Å². The van der Waals surface area contributed by atoms with Gasteiger partial charge in [-0.15, -0.1) is 0 Å². The van der Waals surface area contributed by atoms with Crippen molar-refractivity contribution in [2.75, 3.05) is 6.54 Å². The largest absolute Gasteiger partial charge is 0.390 e. The molecule has 4 rings (SSSR count). The number of nitrogens with zero attached hydrogens (tertiary/aromatic N) is 2. The molecule has 1 saturated carbocycles.